The second-order valence-corrected chi connectivity index (χ2v) is 5.33. The molecule has 0 bridgehead atoms. The van der Waals surface area contributed by atoms with Crippen LogP contribution in [0.1, 0.15) is 6.92 Å². The summed E-state index contributed by atoms with van der Waals surface area (Å²) >= 11 is 5.57. The lowest BCUT2D eigenvalue weighted by atomic mass is 10.2. The van der Waals surface area contributed by atoms with E-state index in [1.54, 1.807) is 0 Å². The molecule has 5 nitrogen and oxygen atoms in total. The largest absolute Gasteiger partial charge is 0.468 e. The third-order valence-electron chi connectivity index (χ3n) is 1.08. The van der Waals surface area contributed by atoms with Crippen LogP contribution in [0, 0.1) is 0 Å². The summed E-state index contributed by atoms with van der Waals surface area (Å²) in [7, 11) is 1.73. The highest BCUT2D eigenvalue weighted by Gasteiger charge is 2.33. The van der Waals surface area contributed by atoms with E-state index in [2.05, 4.69) is 8.92 Å². The van der Waals surface area contributed by atoms with Gasteiger partial charge in [0.15, 0.2) is 4.87 Å². The molecule has 13 heavy (non-hydrogen) atoms. The summed E-state index contributed by atoms with van der Waals surface area (Å²) in [5.74, 6) is -0.797. The Labute approximate surface area is 85.5 Å². The van der Waals surface area contributed by atoms with E-state index in [1.165, 1.54) is 6.92 Å². The molecule has 0 aliphatic heterocycles. The molecule has 0 radical (unpaired) electrons. The Kier molecular flexibility index (Phi) is 4.44. The van der Waals surface area contributed by atoms with Gasteiger partial charge in [-0.25, -0.2) is 0 Å². The molecule has 78 valence electrons. The Bertz CT molecular complexity index is 283. The first-order valence-corrected chi connectivity index (χ1v) is 5.66. The van der Waals surface area contributed by atoms with Crippen LogP contribution in [-0.4, -0.2) is 33.0 Å². The van der Waals surface area contributed by atoms with Gasteiger partial charge >= 0.3 is 15.3 Å². The number of alkyl halides is 1. The van der Waals surface area contributed by atoms with Gasteiger partial charge in [0.2, 0.25) is 0 Å². The third kappa shape index (κ3) is 5.30. The van der Waals surface area contributed by atoms with E-state index in [1.807, 2.05) is 0 Å². The number of halogens is 2. The van der Waals surface area contributed by atoms with Gasteiger partial charge in [-0.15, -0.1) is 11.6 Å². The van der Waals surface area contributed by atoms with Crippen LogP contribution in [0.5, 0.6) is 0 Å². The first-order chi connectivity index (χ1) is 5.69. The molecule has 0 saturated heterocycles. The lowest BCUT2D eigenvalue weighted by Crippen LogP contribution is -2.35. The van der Waals surface area contributed by atoms with Crippen LogP contribution in [0.15, 0.2) is 0 Å². The van der Waals surface area contributed by atoms with Crippen molar-refractivity contribution in [1.82, 2.24) is 0 Å². The predicted molar refractivity (Wildman–Crippen MR) is 47.0 cm³/mol. The highest BCUT2D eigenvalue weighted by Crippen LogP contribution is 2.18. The quantitative estimate of drug-likeness (QED) is 0.417. The summed E-state index contributed by atoms with van der Waals surface area (Å²) in [6.07, 6.45) is 0. The molecule has 0 N–H and O–H groups in total. The second-order valence-electron chi connectivity index (χ2n) is 2.34. The van der Waals surface area contributed by atoms with Gasteiger partial charge in [0.25, 0.3) is 0 Å². The standard InChI is InChI=1S/C5H8Cl2O5S/c1-5(6,4(8)11-2)3-12-13(7,9)10/h3H2,1-2H3. The molecule has 0 aliphatic rings. The van der Waals surface area contributed by atoms with Crippen LogP contribution in [0.4, 0.5) is 0 Å². The fraction of sp³-hybridized carbons (Fsp3) is 0.800. The molecule has 0 saturated carbocycles. The monoisotopic (exact) mass is 250 g/mol. The van der Waals surface area contributed by atoms with E-state index < -0.39 is 26.8 Å². The summed E-state index contributed by atoms with van der Waals surface area (Å²) in [5.41, 5.74) is 0. The summed E-state index contributed by atoms with van der Waals surface area (Å²) in [5, 5.41) is 0. The molecular formula is C5H8Cl2O5S. The Morgan fingerprint density at radius 3 is 2.31 bits per heavy atom. The van der Waals surface area contributed by atoms with Crippen LogP contribution in [0.3, 0.4) is 0 Å². The predicted octanol–water partition coefficient (Wildman–Crippen LogP) is 0.657. The molecule has 0 aliphatic carbocycles. The van der Waals surface area contributed by atoms with Gasteiger partial charge in [-0.1, -0.05) is 0 Å². The lowest BCUT2D eigenvalue weighted by molar-refractivity contribution is -0.144. The summed E-state index contributed by atoms with van der Waals surface area (Å²) in [6.45, 7) is 0.676. The Morgan fingerprint density at radius 2 is 2.00 bits per heavy atom. The smallest absolute Gasteiger partial charge is 0.355 e. The number of esters is 1. The lowest BCUT2D eigenvalue weighted by Gasteiger charge is -2.16. The number of hydrogen-bond donors (Lipinski definition) is 0. The number of rotatable bonds is 4. The zero-order valence-electron chi connectivity index (χ0n) is 6.91. The summed E-state index contributed by atoms with van der Waals surface area (Å²) < 4.78 is 29.1. The van der Waals surface area contributed by atoms with Gasteiger partial charge in [0.1, 0.15) is 0 Å². The fourth-order valence-corrected chi connectivity index (χ4v) is 1.16. The van der Waals surface area contributed by atoms with E-state index in [4.69, 9.17) is 22.3 Å². The summed E-state index contributed by atoms with van der Waals surface area (Å²) in [6, 6.07) is 0. The molecule has 0 aromatic rings. The summed E-state index contributed by atoms with van der Waals surface area (Å²) in [4.78, 5) is 9.32. The minimum absolute atomic E-state index is 0.576. The van der Waals surface area contributed by atoms with Gasteiger partial charge in [-0.2, -0.15) is 8.42 Å². The Morgan fingerprint density at radius 1 is 1.54 bits per heavy atom. The highest BCUT2D eigenvalue weighted by atomic mass is 35.7. The average molecular weight is 251 g/mol. The molecule has 1 unspecified atom stereocenters. The van der Waals surface area contributed by atoms with Crippen molar-refractivity contribution in [2.75, 3.05) is 13.7 Å². The molecule has 0 spiro atoms. The number of methoxy groups -OCH3 is 1. The average Bonchev–Trinajstić information content (AvgIpc) is 1.98. The number of ether oxygens (including phenoxy) is 1. The molecule has 0 rings (SSSR count). The number of carbonyl (C=O) groups excluding carboxylic acids is 1. The van der Waals surface area contributed by atoms with Crippen molar-refractivity contribution >= 4 is 37.6 Å². The van der Waals surface area contributed by atoms with Gasteiger partial charge < -0.3 is 4.74 Å². The van der Waals surface area contributed by atoms with E-state index in [9.17, 15) is 13.2 Å². The highest BCUT2D eigenvalue weighted by molar-refractivity contribution is 8.09. The fourth-order valence-electron chi connectivity index (χ4n) is 0.453. The van der Waals surface area contributed by atoms with Gasteiger partial charge in [0, 0.05) is 10.7 Å². The molecule has 0 aromatic heterocycles. The van der Waals surface area contributed by atoms with Gasteiger partial charge in [0.05, 0.1) is 13.7 Å². The maximum Gasteiger partial charge on any atom is 0.355 e. The molecular weight excluding hydrogens is 243 g/mol. The van der Waals surface area contributed by atoms with Crippen molar-refractivity contribution in [3.05, 3.63) is 0 Å². The first-order valence-electron chi connectivity index (χ1n) is 3.05. The normalized spacial score (nSPS) is 16.3. The molecule has 0 amide bonds. The Balaban J connectivity index is 4.27. The van der Waals surface area contributed by atoms with E-state index in [0.29, 0.717) is 0 Å². The van der Waals surface area contributed by atoms with Gasteiger partial charge in [-0.05, 0) is 6.92 Å². The van der Waals surface area contributed by atoms with Crippen LogP contribution in [-0.2, 0) is 23.0 Å². The van der Waals surface area contributed by atoms with Crippen molar-refractivity contribution in [3.63, 3.8) is 0 Å². The minimum atomic E-state index is -4.12. The van der Waals surface area contributed by atoms with E-state index in [0.717, 1.165) is 7.11 Å². The third-order valence-corrected chi connectivity index (χ3v) is 2.01. The maximum absolute atomic E-state index is 10.9. The first kappa shape index (κ1) is 13.0. The van der Waals surface area contributed by atoms with Crippen molar-refractivity contribution in [2.24, 2.45) is 0 Å². The molecule has 0 aromatic carbocycles. The number of hydrogen-bond acceptors (Lipinski definition) is 5. The van der Waals surface area contributed by atoms with Crippen molar-refractivity contribution in [1.29, 1.82) is 0 Å². The van der Waals surface area contributed by atoms with Gasteiger partial charge in [-0.3, -0.25) is 8.98 Å². The van der Waals surface area contributed by atoms with Crippen LogP contribution in [0.2, 0.25) is 0 Å². The van der Waals surface area contributed by atoms with E-state index >= 15 is 0 Å². The molecule has 8 heteroatoms. The topological polar surface area (TPSA) is 69.7 Å². The van der Waals surface area contributed by atoms with Crippen molar-refractivity contribution in [2.45, 2.75) is 11.8 Å². The van der Waals surface area contributed by atoms with Crippen molar-refractivity contribution < 1.29 is 22.1 Å². The molecule has 0 fully saturated rings. The van der Waals surface area contributed by atoms with Crippen LogP contribution >= 0.6 is 22.3 Å². The zero-order valence-corrected chi connectivity index (χ0v) is 9.24. The maximum atomic E-state index is 10.9. The molecule has 1 atom stereocenters. The minimum Gasteiger partial charge on any atom is -0.468 e. The Hall–Kier alpha value is -0.0400. The van der Waals surface area contributed by atoms with Crippen LogP contribution in [0.25, 0.3) is 0 Å². The van der Waals surface area contributed by atoms with Crippen molar-refractivity contribution in [3.8, 4) is 0 Å². The zero-order chi connectivity index (χ0) is 10.7. The number of carbonyl (C=O) groups is 1. The molecule has 0 heterocycles. The van der Waals surface area contributed by atoms with E-state index in [-0.39, 0.29) is 0 Å². The SMILES string of the molecule is COC(=O)C(C)(Cl)COS(=O)(=O)Cl. The second kappa shape index (κ2) is 4.45. The van der Waals surface area contributed by atoms with Crippen LogP contribution < -0.4 is 0 Å².